The summed E-state index contributed by atoms with van der Waals surface area (Å²) in [6.07, 6.45) is -9.38. The third kappa shape index (κ3) is 8.79. The van der Waals surface area contributed by atoms with Crippen molar-refractivity contribution in [2.24, 2.45) is 16.7 Å². The highest BCUT2D eigenvalue weighted by Gasteiger charge is 2.81. The topological polar surface area (TPSA) is 268 Å². The molecule has 67 heavy (non-hydrogen) atoms. The van der Waals surface area contributed by atoms with Gasteiger partial charge in [0, 0.05) is 45.6 Å². The van der Waals surface area contributed by atoms with Crippen molar-refractivity contribution in [1.82, 2.24) is 0 Å². The fraction of sp³-hybridized carbons (Fsp3) is 0.917. The molecule has 4 saturated heterocycles. The molecule has 4 heterocycles. The summed E-state index contributed by atoms with van der Waals surface area (Å²) in [6.45, 7) is 13.2. The zero-order chi connectivity index (χ0) is 48.8. The van der Waals surface area contributed by atoms with Crippen molar-refractivity contribution in [2.45, 2.75) is 253 Å². The van der Waals surface area contributed by atoms with Gasteiger partial charge in [-0.2, -0.15) is 0 Å². The summed E-state index contributed by atoms with van der Waals surface area (Å²) >= 11 is 0. The second-order valence-electron chi connectivity index (χ2n) is 21.4. The molecule has 3 saturated carbocycles. The summed E-state index contributed by atoms with van der Waals surface area (Å²) in [6, 6.07) is 0. The Labute approximate surface area is 392 Å². The highest BCUT2D eigenvalue weighted by molar-refractivity contribution is 5.87. The number of methoxy groups -OCH3 is 1. The molecule has 0 aromatic heterocycles. The van der Waals surface area contributed by atoms with Crippen LogP contribution in [0.25, 0.3) is 0 Å². The molecule has 0 aromatic carbocycles. The number of aliphatic hydroxyl groups excluding tert-OH is 4. The average Bonchev–Trinajstić information content (AvgIpc) is 3.48. The largest absolute Gasteiger partial charge is 0.462 e. The number of ketones is 1. The van der Waals surface area contributed by atoms with Gasteiger partial charge in [0.1, 0.15) is 47.3 Å². The maximum absolute atomic E-state index is 13.0. The summed E-state index contributed by atoms with van der Waals surface area (Å²) in [5.41, 5.74) is -6.90. The van der Waals surface area contributed by atoms with Gasteiger partial charge in [0.2, 0.25) is 0 Å². The zero-order valence-electron chi connectivity index (χ0n) is 40.4. The number of Topliss-reactive ketones (excluding diaryl/α,β-unsaturated/α-hetero) is 1. The van der Waals surface area contributed by atoms with Crippen molar-refractivity contribution >= 4 is 11.8 Å². The van der Waals surface area contributed by atoms with Gasteiger partial charge in [-0.1, -0.05) is 18.6 Å². The number of esters is 1. The first-order valence-electron chi connectivity index (χ1n) is 24.4. The van der Waals surface area contributed by atoms with Crippen LogP contribution in [-0.4, -0.2) is 182 Å². The van der Waals surface area contributed by atoms with E-state index in [0.29, 0.717) is 19.3 Å². The van der Waals surface area contributed by atoms with E-state index in [2.05, 4.69) is 6.92 Å². The smallest absolute Gasteiger partial charge is 0.302 e. The van der Waals surface area contributed by atoms with Crippen molar-refractivity contribution in [3.05, 3.63) is 11.6 Å². The van der Waals surface area contributed by atoms with Gasteiger partial charge in [-0.25, -0.2) is 0 Å². The number of carbonyl (C=O) groups is 2. The van der Waals surface area contributed by atoms with E-state index in [9.17, 15) is 45.3 Å². The summed E-state index contributed by atoms with van der Waals surface area (Å²) in [7, 11) is 1.51. The van der Waals surface area contributed by atoms with Crippen LogP contribution in [-0.2, 0) is 57.0 Å². The molecule has 24 atom stereocenters. The predicted molar refractivity (Wildman–Crippen MR) is 231 cm³/mol. The number of aliphatic hydroxyl groups is 7. The van der Waals surface area contributed by atoms with Crippen LogP contribution in [0.3, 0.4) is 0 Å². The summed E-state index contributed by atoms with van der Waals surface area (Å²) in [4.78, 5) is 25.5. The van der Waals surface area contributed by atoms with Crippen LogP contribution >= 0.6 is 0 Å². The average molecular weight is 957 g/mol. The zero-order valence-corrected chi connectivity index (χ0v) is 40.4. The molecule has 4 aliphatic carbocycles. The third-order valence-electron chi connectivity index (χ3n) is 17.6. The van der Waals surface area contributed by atoms with Gasteiger partial charge in [0.15, 0.2) is 30.9 Å². The molecule has 4 aliphatic heterocycles. The molecule has 0 amide bonds. The molecule has 19 heteroatoms. The van der Waals surface area contributed by atoms with E-state index < -0.39 is 150 Å². The van der Waals surface area contributed by atoms with Crippen LogP contribution in [0.4, 0.5) is 0 Å². The van der Waals surface area contributed by atoms with E-state index in [0.717, 1.165) is 5.57 Å². The summed E-state index contributed by atoms with van der Waals surface area (Å²) < 4.78 is 60.7. The van der Waals surface area contributed by atoms with E-state index in [1.54, 1.807) is 34.6 Å². The number of rotatable bonds is 11. The van der Waals surface area contributed by atoms with Gasteiger partial charge in [-0.15, -0.1) is 0 Å². The van der Waals surface area contributed by atoms with Crippen LogP contribution in [0.15, 0.2) is 11.6 Å². The van der Waals surface area contributed by atoms with Crippen molar-refractivity contribution in [3.8, 4) is 0 Å². The molecule has 0 aromatic rings. The highest BCUT2D eigenvalue weighted by atomic mass is 16.8. The Morgan fingerprint density at radius 2 is 1.16 bits per heavy atom. The van der Waals surface area contributed by atoms with E-state index >= 15 is 0 Å². The van der Waals surface area contributed by atoms with E-state index in [-0.39, 0.29) is 57.5 Å². The Morgan fingerprint density at radius 3 is 1.64 bits per heavy atom. The minimum absolute atomic E-state index is 0.0348. The van der Waals surface area contributed by atoms with Crippen molar-refractivity contribution in [2.75, 3.05) is 7.11 Å². The molecule has 7 N–H and O–H groups in total. The fourth-order valence-corrected chi connectivity index (χ4v) is 13.7. The maximum Gasteiger partial charge on any atom is 0.302 e. The van der Waals surface area contributed by atoms with E-state index in [1.165, 1.54) is 21.0 Å². The van der Waals surface area contributed by atoms with Gasteiger partial charge in [-0.3, -0.25) is 9.59 Å². The van der Waals surface area contributed by atoms with Gasteiger partial charge in [0.25, 0.3) is 0 Å². The minimum Gasteiger partial charge on any atom is -0.462 e. The second-order valence-corrected chi connectivity index (χ2v) is 21.4. The predicted octanol–water partition coefficient (Wildman–Crippen LogP) is 1.58. The Kier molecular flexibility index (Phi) is 14.6. The normalized spacial score (nSPS) is 53.4. The highest BCUT2D eigenvalue weighted by Crippen LogP contribution is 2.71. The van der Waals surface area contributed by atoms with Gasteiger partial charge in [-0.05, 0) is 91.9 Å². The van der Waals surface area contributed by atoms with E-state index in [4.69, 9.17) is 47.4 Å². The van der Waals surface area contributed by atoms with Gasteiger partial charge >= 0.3 is 5.97 Å². The number of carbonyl (C=O) groups excluding carboxylic acids is 2. The first-order valence-corrected chi connectivity index (χ1v) is 24.4. The molecule has 382 valence electrons. The number of fused-ring (bicyclic) bond motifs is 5. The lowest BCUT2D eigenvalue weighted by molar-refractivity contribution is -0.344. The molecule has 19 nitrogen and oxygen atoms in total. The minimum atomic E-state index is -2.00. The second kappa shape index (κ2) is 19.0. The molecule has 7 fully saturated rings. The molecule has 8 aliphatic rings. The Bertz CT molecular complexity index is 1800. The molecule has 0 spiro atoms. The third-order valence-corrected chi connectivity index (χ3v) is 17.6. The van der Waals surface area contributed by atoms with Gasteiger partial charge in [0.05, 0.1) is 60.4 Å². The lowest BCUT2D eigenvalue weighted by atomic mass is 9.42. The van der Waals surface area contributed by atoms with Crippen LogP contribution in [0, 0.1) is 16.7 Å². The Morgan fingerprint density at radius 1 is 0.672 bits per heavy atom. The lowest BCUT2D eigenvalue weighted by Gasteiger charge is -2.67. The van der Waals surface area contributed by atoms with Crippen LogP contribution in [0.5, 0.6) is 0 Å². The molecular weight excluding hydrogens is 881 g/mol. The molecule has 0 radical (unpaired) electrons. The molecular formula is C48H76O19. The Balaban J connectivity index is 0.834. The molecule has 0 bridgehead atoms. The standard InChI is InChI=1S/C48H76O19/c1-22-40(54)33(58-9)20-39(59-22)67-43-25(4)62-38(19-32(43)53)66-42-24(3)61-37(18-31(42)52)65-41-23(2)60-36(17-30(41)51)64-29-11-12-44(7)28(16-29)10-13-47(56)34(44)21-35(63-27(6)50)45(8)46(55,26(5)49)14-15-48(45,47)57/h10,22-25,29-43,51-57H,11-21H2,1-9H3/t22-,23-,24-,25-,29-,30-,31-,32-,33-,34-,35-,36+,37+,38+,39+,40-,41-,42-,43-,44+,45-,46-,47-,48+/m1/s1. The van der Waals surface area contributed by atoms with Crippen molar-refractivity contribution in [1.29, 1.82) is 0 Å². The summed E-state index contributed by atoms with van der Waals surface area (Å²) in [5.74, 6) is -1.71. The number of hydrogen-bond donors (Lipinski definition) is 7. The Hall–Kier alpha value is -1.76. The first kappa shape index (κ1) is 51.6. The van der Waals surface area contributed by atoms with Crippen molar-refractivity contribution in [3.63, 3.8) is 0 Å². The molecule has 0 unspecified atom stereocenters. The van der Waals surface area contributed by atoms with Crippen LogP contribution in [0.2, 0.25) is 0 Å². The quantitative estimate of drug-likeness (QED) is 0.114. The lowest BCUT2D eigenvalue weighted by Crippen LogP contribution is -2.78. The SMILES string of the molecule is CO[C@@H]1C[C@H](O[C@H]2[C@H](O)C[C@H](O[C@H]3[C@H](O)C[C@H](O[C@H]4[C@H](O)C[C@H](O[C@@H]5CC[C@@]6(C)C(=CC[C@@]7(O)[C@@H]6C[C@@H](OC(C)=O)[C@@]6(C)[C@@]7(O)CC[C@@]6(O)C(C)=O)C5)O[C@@H]4C)O[C@@H]3C)O[C@@H]2C)O[C@H](C)[C@H]1O. The number of ether oxygens (including phenoxy) is 10. The van der Waals surface area contributed by atoms with E-state index in [1.807, 2.05) is 6.08 Å². The number of hydrogen-bond acceptors (Lipinski definition) is 19. The van der Waals surface area contributed by atoms with Crippen LogP contribution in [0.1, 0.15) is 126 Å². The molecule has 8 rings (SSSR count). The van der Waals surface area contributed by atoms with Crippen LogP contribution < -0.4 is 0 Å². The van der Waals surface area contributed by atoms with Gasteiger partial charge < -0.3 is 83.1 Å². The monoisotopic (exact) mass is 956 g/mol. The summed E-state index contributed by atoms with van der Waals surface area (Å²) in [5, 5.41) is 81.2. The van der Waals surface area contributed by atoms with Crippen molar-refractivity contribution < 1.29 is 92.7 Å². The first-order chi connectivity index (χ1) is 31.4. The maximum atomic E-state index is 13.0. The fourth-order valence-electron chi connectivity index (χ4n) is 13.7.